The SMILES string of the molecule is CCCNC1C(N(CC(F)(F)F)C(C)C)CCCC1(C)C. The van der Waals surface area contributed by atoms with E-state index in [-0.39, 0.29) is 23.5 Å². The van der Waals surface area contributed by atoms with Gasteiger partial charge in [0.25, 0.3) is 0 Å². The molecule has 1 rings (SSSR count). The Hall–Kier alpha value is -0.290. The summed E-state index contributed by atoms with van der Waals surface area (Å²) in [6, 6.07) is -0.0191. The molecule has 1 fully saturated rings. The molecular weight excluding hydrogens is 277 g/mol. The van der Waals surface area contributed by atoms with E-state index >= 15 is 0 Å². The van der Waals surface area contributed by atoms with E-state index in [4.69, 9.17) is 0 Å². The van der Waals surface area contributed by atoms with E-state index in [1.54, 1.807) is 4.90 Å². The van der Waals surface area contributed by atoms with Crippen LogP contribution in [0.3, 0.4) is 0 Å². The highest BCUT2D eigenvalue weighted by Crippen LogP contribution is 2.39. The van der Waals surface area contributed by atoms with Crippen LogP contribution < -0.4 is 5.32 Å². The molecule has 0 bridgehead atoms. The molecule has 0 amide bonds. The predicted molar refractivity (Wildman–Crippen MR) is 81.4 cm³/mol. The van der Waals surface area contributed by atoms with Gasteiger partial charge in [0.2, 0.25) is 0 Å². The van der Waals surface area contributed by atoms with Crippen molar-refractivity contribution in [3.8, 4) is 0 Å². The first kappa shape index (κ1) is 18.8. The smallest absolute Gasteiger partial charge is 0.312 e. The summed E-state index contributed by atoms with van der Waals surface area (Å²) in [5.41, 5.74) is 0.0385. The molecule has 126 valence electrons. The zero-order valence-corrected chi connectivity index (χ0v) is 14.1. The van der Waals surface area contributed by atoms with Crippen molar-refractivity contribution in [3.05, 3.63) is 0 Å². The normalized spacial score (nSPS) is 26.6. The van der Waals surface area contributed by atoms with E-state index in [9.17, 15) is 13.2 Å². The number of hydrogen-bond acceptors (Lipinski definition) is 2. The van der Waals surface area contributed by atoms with Gasteiger partial charge in [0, 0.05) is 18.1 Å². The van der Waals surface area contributed by atoms with E-state index < -0.39 is 12.7 Å². The summed E-state index contributed by atoms with van der Waals surface area (Å²) in [5.74, 6) is 0. The molecule has 0 aromatic heterocycles. The maximum atomic E-state index is 12.9. The van der Waals surface area contributed by atoms with Gasteiger partial charge in [0.1, 0.15) is 0 Å². The highest BCUT2D eigenvalue weighted by Gasteiger charge is 2.44. The largest absolute Gasteiger partial charge is 0.401 e. The minimum absolute atomic E-state index is 0.0385. The molecule has 1 aliphatic rings. The second-order valence-electron chi connectivity index (χ2n) is 7.26. The number of nitrogens with zero attached hydrogens (tertiary/aromatic N) is 1. The number of rotatable bonds is 6. The molecular formula is C16H31F3N2. The third kappa shape index (κ3) is 5.44. The quantitative estimate of drug-likeness (QED) is 0.791. The molecule has 0 spiro atoms. The average Bonchev–Trinajstić information content (AvgIpc) is 2.32. The van der Waals surface area contributed by atoms with Gasteiger partial charge in [-0.1, -0.05) is 27.2 Å². The number of alkyl halides is 3. The first-order valence-electron chi connectivity index (χ1n) is 8.14. The molecule has 2 atom stereocenters. The topological polar surface area (TPSA) is 15.3 Å². The summed E-state index contributed by atoms with van der Waals surface area (Å²) in [4.78, 5) is 1.65. The summed E-state index contributed by atoms with van der Waals surface area (Å²) in [6.45, 7) is 10.2. The molecule has 2 unspecified atom stereocenters. The maximum absolute atomic E-state index is 12.9. The van der Waals surface area contributed by atoms with Crippen LogP contribution in [-0.2, 0) is 0 Å². The first-order chi connectivity index (χ1) is 9.58. The zero-order valence-electron chi connectivity index (χ0n) is 14.1. The van der Waals surface area contributed by atoms with Crippen molar-refractivity contribution < 1.29 is 13.2 Å². The molecule has 0 saturated heterocycles. The van der Waals surface area contributed by atoms with Gasteiger partial charge < -0.3 is 5.32 Å². The van der Waals surface area contributed by atoms with Crippen LogP contribution in [0.2, 0.25) is 0 Å². The Labute approximate surface area is 127 Å². The highest BCUT2D eigenvalue weighted by atomic mass is 19.4. The molecule has 5 heteroatoms. The Kier molecular flexibility index (Phi) is 6.54. The van der Waals surface area contributed by atoms with Crippen LogP contribution >= 0.6 is 0 Å². The molecule has 2 nitrogen and oxygen atoms in total. The third-order valence-electron chi connectivity index (χ3n) is 4.61. The Morgan fingerprint density at radius 1 is 1.29 bits per heavy atom. The Morgan fingerprint density at radius 2 is 1.90 bits per heavy atom. The lowest BCUT2D eigenvalue weighted by molar-refractivity contribution is -0.160. The molecule has 0 heterocycles. The van der Waals surface area contributed by atoms with E-state index in [1.165, 1.54) is 0 Å². The van der Waals surface area contributed by atoms with Crippen molar-refractivity contribution in [2.75, 3.05) is 13.1 Å². The van der Waals surface area contributed by atoms with Crippen molar-refractivity contribution in [1.29, 1.82) is 0 Å². The minimum atomic E-state index is -4.14. The van der Waals surface area contributed by atoms with Gasteiger partial charge in [-0.25, -0.2) is 0 Å². The number of hydrogen-bond donors (Lipinski definition) is 1. The summed E-state index contributed by atoms with van der Waals surface area (Å²) in [5, 5.41) is 3.52. The Morgan fingerprint density at radius 3 is 2.38 bits per heavy atom. The lowest BCUT2D eigenvalue weighted by Crippen LogP contribution is -2.61. The molecule has 1 saturated carbocycles. The van der Waals surface area contributed by atoms with Gasteiger partial charge in [-0.3, -0.25) is 4.90 Å². The van der Waals surface area contributed by atoms with Crippen LogP contribution in [0.1, 0.15) is 60.3 Å². The summed E-state index contributed by atoms with van der Waals surface area (Å²) in [6.07, 6.45) is -0.216. The zero-order chi connectivity index (χ0) is 16.3. The standard InChI is InChI=1S/C16H31F3N2/c1-6-10-20-14-13(8-7-9-15(14,4)5)21(12(2)3)11-16(17,18)19/h12-14,20H,6-11H2,1-5H3. The summed E-state index contributed by atoms with van der Waals surface area (Å²) in [7, 11) is 0. The van der Waals surface area contributed by atoms with Crippen LogP contribution in [0.5, 0.6) is 0 Å². The average molecular weight is 308 g/mol. The van der Waals surface area contributed by atoms with Gasteiger partial charge >= 0.3 is 6.18 Å². The fourth-order valence-electron chi connectivity index (χ4n) is 3.57. The molecule has 0 aromatic rings. The van der Waals surface area contributed by atoms with E-state index in [0.717, 1.165) is 32.2 Å². The maximum Gasteiger partial charge on any atom is 0.401 e. The van der Waals surface area contributed by atoms with Gasteiger partial charge in [0.05, 0.1) is 6.54 Å². The highest BCUT2D eigenvalue weighted by molar-refractivity contribution is 4.99. The molecule has 0 radical (unpaired) electrons. The Bertz CT molecular complexity index is 313. The molecule has 1 N–H and O–H groups in total. The van der Waals surface area contributed by atoms with Crippen molar-refractivity contribution in [1.82, 2.24) is 10.2 Å². The fourth-order valence-corrected chi connectivity index (χ4v) is 3.57. The number of halogens is 3. The molecule has 0 aliphatic heterocycles. The lowest BCUT2D eigenvalue weighted by Gasteiger charge is -2.50. The van der Waals surface area contributed by atoms with E-state index in [0.29, 0.717) is 0 Å². The van der Waals surface area contributed by atoms with Crippen molar-refractivity contribution in [2.45, 2.75) is 84.6 Å². The van der Waals surface area contributed by atoms with Gasteiger partial charge in [-0.2, -0.15) is 13.2 Å². The first-order valence-corrected chi connectivity index (χ1v) is 8.14. The lowest BCUT2D eigenvalue weighted by atomic mass is 9.70. The van der Waals surface area contributed by atoms with Gasteiger partial charge in [-0.05, 0) is 45.1 Å². The molecule has 21 heavy (non-hydrogen) atoms. The minimum Gasteiger partial charge on any atom is -0.312 e. The summed E-state index contributed by atoms with van der Waals surface area (Å²) >= 11 is 0. The second-order valence-corrected chi connectivity index (χ2v) is 7.26. The van der Waals surface area contributed by atoms with E-state index in [2.05, 4.69) is 26.1 Å². The van der Waals surface area contributed by atoms with Crippen LogP contribution in [0.15, 0.2) is 0 Å². The number of nitrogens with one attached hydrogen (secondary N) is 1. The molecule has 0 aromatic carbocycles. The second kappa shape index (κ2) is 7.32. The summed E-state index contributed by atoms with van der Waals surface area (Å²) < 4.78 is 38.8. The fraction of sp³-hybridized carbons (Fsp3) is 1.00. The molecule has 1 aliphatic carbocycles. The van der Waals surface area contributed by atoms with E-state index in [1.807, 2.05) is 13.8 Å². The third-order valence-corrected chi connectivity index (χ3v) is 4.61. The van der Waals surface area contributed by atoms with Gasteiger partial charge in [-0.15, -0.1) is 0 Å². The van der Waals surface area contributed by atoms with Crippen molar-refractivity contribution in [2.24, 2.45) is 5.41 Å². The van der Waals surface area contributed by atoms with Crippen LogP contribution in [0.25, 0.3) is 0 Å². The van der Waals surface area contributed by atoms with Crippen LogP contribution in [-0.4, -0.2) is 42.3 Å². The van der Waals surface area contributed by atoms with Crippen molar-refractivity contribution >= 4 is 0 Å². The van der Waals surface area contributed by atoms with Gasteiger partial charge in [0.15, 0.2) is 0 Å². The van der Waals surface area contributed by atoms with Crippen LogP contribution in [0, 0.1) is 5.41 Å². The Balaban J connectivity index is 2.95. The predicted octanol–water partition coefficient (Wildman–Crippen LogP) is 4.21. The van der Waals surface area contributed by atoms with Crippen molar-refractivity contribution in [3.63, 3.8) is 0 Å². The van der Waals surface area contributed by atoms with Crippen LogP contribution in [0.4, 0.5) is 13.2 Å². The monoisotopic (exact) mass is 308 g/mol.